The summed E-state index contributed by atoms with van der Waals surface area (Å²) < 4.78 is 0. The maximum absolute atomic E-state index is 12.9. The van der Waals surface area contributed by atoms with Crippen LogP contribution in [0, 0.1) is 0 Å². The standard InChI is InChI=1S/C21H15NO4/c23-19(15-10-4-5-11-16(15)21(25)26)17-12-6-7-13-18(17)22-20(24)14-8-2-1-3-9-14/h1-13H,(H,22,24)(H,25,26). The summed E-state index contributed by atoms with van der Waals surface area (Å²) in [6.45, 7) is 0. The van der Waals surface area contributed by atoms with E-state index in [4.69, 9.17) is 0 Å². The molecule has 0 radical (unpaired) electrons. The van der Waals surface area contributed by atoms with Gasteiger partial charge in [-0.25, -0.2) is 4.79 Å². The van der Waals surface area contributed by atoms with Crippen molar-refractivity contribution in [2.45, 2.75) is 0 Å². The van der Waals surface area contributed by atoms with E-state index >= 15 is 0 Å². The smallest absolute Gasteiger partial charge is 0.336 e. The Hall–Kier alpha value is -3.73. The van der Waals surface area contributed by atoms with E-state index in [9.17, 15) is 19.5 Å². The van der Waals surface area contributed by atoms with Crippen molar-refractivity contribution in [1.29, 1.82) is 0 Å². The first kappa shape index (κ1) is 17.1. The van der Waals surface area contributed by atoms with Crippen LogP contribution in [0.25, 0.3) is 0 Å². The molecule has 1 amide bonds. The van der Waals surface area contributed by atoms with Gasteiger partial charge in [-0.15, -0.1) is 0 Å². The number of ketones is 1. The number of amides is 1. The summed E-state index contributed by atoms with van der Waals surface area (Å²) in [7, 11) is 0. The Balaban J connectivity index is 1.96. The summed E-state index contributed by atoms with van der Waals surface area (Å²) in [5.74, 6) is -2.00. The first-order valence-corrected chi connectivity index (χ1v) is 7.90. The molecule has 3 aromatic rings. The zero-order valence-electron chi connectivity index (χ0n) is 13.7. The van der Waals surface area contributed by atoms with Crippen LogP contribution in [0.2, 0.25) is 0 Å². The Morgan fingerprint density at radius 1 is 0.654 bits per heavy atom. The van der Waals surface area contributed by atoms with Crippen LogP contribution in [0.4, 0.5) is 5.69 Å². The summed E-state index contributed by atoms with van der Waals surface area (Å²) in [6, 6.07) is 21.1. The minimum absolute atomic E-state index is 0.0708. The number of carbonyl (C=O) groups is 3. The van der Waals surface area contributed by atoms with Crippen molar-refractivity contribution in [3.63, 3.8) is 0 Å². The van der Waals surface area contributed by atoms with Crippen LogP contribution in [0.15, 0.2) is 78.9 Å². The lowest BCUT2D eigenvalue weighted by Crippen LogP contribution is -2.16. The largest absolute Gasteiger partial charge is 0.478 e. The number of anilines is 1. The van der Waals surface area contributed by atoms with Crippen molar-refractivity contribution in [3.05, 3.63) is 101 Å². The third kappa shape index (κ3) is 3.52. The monoisotopic (exact) mass is 345 g/mol. The van der Waals surface area contributed by atoms with E-state index in [-0.39, 0.29) is 22.6 Å². The molecular formula is C21H15NO4. The van der Waals surface area contributed by atoms with Crippen LogP contribution < -0.4 is 5.32 Å². The lowest BCUT2D eigenvalue weighted by molar-refractivity contribution is 0.0692. The fraction of sp³-hybridized carbons (Fsp3) is 0. The van der Waals surface area contributed by atoms with E-state index < -0.39 is 11.8 Å². The van der Waals surface area contributed by atoms with Crippen molar-refractivity contribution in [2.75, 3.05) is 5.32 Å². The minimum Gasteiger partial charge on any atom is -0.478 e. The van der Waals surface area contributed by atoms with E-state index in [1.807, 2.05) is 0 Å². The van der Waals surface area contributed by atoms with Crippen molar-refractivity contribution in [3.8, 4) is 0 Å². The fourth-order valence-electron chi connectivity index (χ4n) is 2.59. The second-order valence-corrected chi connectivity index (χ2v) is 5.55. The van der Waals surface area contributed by atoms with Gasteiger partial charge in [0.1, 0.15) is 0 Å². The Morgan fingerprint density at radius 3 is 1.85 bits per heavy atom. The van der Waals surface area contributed by atoms with Gasteiger partial charge in [0.15, 0.2) is 5.78 Å². The molecule has 3 aromatic carbocycles. The zero-order chi connectivity index (χ0) is 18.5. The van der Waals surface area contributed by atoms with Crippen LogP contribution in [0.5, 0.6) is 0 Å². The first-order chi connectivity index (χ1) is 12.6. The van der Waals surface area contributed by atoms with Gasteiger partial charge in [-0.05, 0) is 30.3 Å². The highest BCUT2D eigenvalue weighted by atomic mass is 16.4. The number of hydrogen-bond acceptors (Lipinski definition) is 3. The zero-order valence-corrected chi connectivity index (χ0v) is 13.7. The maximum Gasteiger partial charge on any atom is 0.336 e. The van der Waals surface area contributed by atoms with E-state index in [1.54, 1.807) is 66.7 Å². The molecule has 128 valence electrons. The van der Waals surface area contributed by atoms with E-state index in [0.29, 0.717) is 11.3 Å². The molecule has 5 nitrogen and oxygen atoms in total. The molecular weight excluding hydrogens is 330 g/mol. The molecule has 0 unspecified atom stereocenters. The van der Waals surface area contributed by atoms with Crippen molar-refractivity contribution in [1.82, 2.24) is 0 Å². The van der Waals surface area contributed by atoms with Crippen LogP contribution in [0.3, 0.4) is 0 Å². The molecule has 0 saturated carbocycles. The molecule has 26 heavy (non-hydrogen) atoms. The van der Waals surface area contributed by atoms with Gasteiger partial charge < -0.3 is 10.4 Å². The summed E-state index contributed by atoms with van der Waals surface area (Å²) >= 11 is 0. The number of rotatable bonds is 5. The van der Waals surface area contributed by atoms with Crippen LogP contribution in [-0.2, 0) is 0 Å². The second-order valence-electron chi connectivity index (χ2n) is 5.55. The van der Waals surface area contributed by atoms with Crippen LogP contribution >= 0.6 is 0 Å². The van der Waals surface area contributed by atoms with E-state index in [2.05, 4.69) is 5.32 Å². The predicted molar refractivity (Wildman–Crippen MR) is 97.7 cm³/mol. The SMILES string of the molecule is O=C(Nc1ccccc1C(=O)c1ccccc1C(=O)O)c1ccccc1. The molecule has 0 atom stereocenters. The van der Waals surface area contributed by atoms with E-state index in [0.717, 1.165) is 0 Å². The summed E-state index contributed by atoms with van der Waals surface area (Å²) in [5.41, 5.74) is 1.00. The average molecular weight is 345 g/mol. The van der Waals surface area contributed by atoms with Crippen molar-refractivity contribution >= 4 is 23.3 Å². The molecule has 0 aromatic heterocycles. The lowest BCUT2D eigenvalue weighted by Gasteiger charge is -2.11. The van der Waals surface area contributed by atoms with Gasteiger partial charge in [0.05, 0.1) is 11.3 Å². The third-order valence-corrected chi connectivity index (χ3v) is 3.86. The van der Waals surface area contributed by atoms with Gasteiger partial charge in [-0.1, -0.05) is 48.5 Å². The number of para-hydroxylation sites is 1. The molecule has 0 spiro atoms. The van der Waals surface area contributed by atoms with E-state index in [1.165, 1.54) is 12.1 Å². The minimum atomic E-state index is -1.18. The number of benzene rings is 3. The molecule has 0 aliphatic rings. The molecule has 0 bridgehead atoms. The number of carbonyl (C=O) groups excluding carboxylic acids is 2. The Morgan fingerprint density at radius 2 is 1.19 bits per heavy atom. The van der Waals surface area contributed by atoms with Gasteiger partial charge in [0.2, 0.25) is 0 Å². The third-order valence-electron chi connectivity index (χ3n) is 3.86. The molecule has 0 fully saturated rings. The Labute approximate surface area is 149 Å². The van der Waals surface area contributed by atoms with Gasteiger partial charge in [0, 0.05) is 16.7 Å². The Bertz CT molecular complexity index is 980. The summed E-state index contributed by atoms with van der Waals surface area (Å²) in [6.07, 6.45) is 0. The Kier molecular flexibility index (Phi) is 4.90. The predicted octanol–water partition coefficient (Wildman–Crippen LogP) is 3.87. The molecule has 0 aliphatic heterocycles. The summed E-state index contributed by atoms with van der Waals surface area (Å²) in [4.78, 5) is 36.7. The summed E-state index contributed by atoms with van der Waals surface area (Å²) in [5, 5.41) is 12.0. The van der Waals surface area contributed by atoms with Crippen LogP contribution in [-0.4, -0.2) is 22.8 Å². The van der Waals surface area contributed by atoms with Gasteiger partial charge in [-0.3, -0.25) is 9.59 Å². The molecule has 0 saturated heterocycles. The van der Waals surface area contributed by atoms with Crippen molar-refractivity contribution in [2.24, 2.45) is 0 Å². The topological polar surface area (TPSA) is 83.5 Å². The lowest BCUT2D eigenvalue weighted by atomic mass is 9.97. The molecule has 5 heteroatoms. The molecule has 0 heterocycles. The first-order valence-electron chi connectivity index (χ1n) is 7.90. The van der Waals surface area contributed by atoms with Gasteiger partial charge in [0.25, 0.3) is 5.91 Å². The fourth-order valence-corrected chi connectivity index (χ4v) is 2.59. The quantitative estimate of drug-likeness (QED) is 0.688. The molecule has 2 N–H and O–H groups in total. The second kappa shape index (κ2) is 7.44. The number of hydrogen-bond donors (Lipinski definition) is 2. The number of aromatic carboxylic acids is 1. The van der Waals surface area contributed by atoms with Gasteiger partial charge >= 0.3 is 5.97 Å². The van der Waals surface area contributed by atoms with Gasteiger partial charge in [-0.2, -0.15) is 0 Å². The number of nitrogens with one attached hydrogen (secondary N) is 1. The molecule has 3 rings (SSSR count). The average Bonchev–Trinajstić information content (AvgIpc) is 2.68. The molecule has 0 aliphatic carbocycles. The highest BCUT2D eigenvalue weighted by molar-refractivity contribution is 6.18. The van der Waals surface area contributed by atoms with Crippen LogP contribution in [0.1, 0.15) is 36.6 Å². The van der Waals surface area contributed by atoms with Crippen molar-refractivity contribution < 1.29 is 19.5 Å². The highest BCUT2D eigenvalue weighted by Crippen LogP contribution is 2.22. The number of carboxylic acid groups (broad SMARTS) is 1. The number of carboxylic acids is 1. The highest BCUT2D eigenvalue weighted by Gasteiger charge is 2.20. The normalized spacial score (nSPS) is 10.2. The maximum atomic E-state index is 12.9.